The molecule has 19 heavy (non-hydrogen) atoms. The summed E-state index contributed by atoms with van der Waals surface area (Å²) in [5.41, 5.74) is 3.68. The Hall–Kier alpha value is -1.84. The molecule has 1 aliphatic heterocycles. The number of nitrogens with zero attached hydrogens (tertiary/aromatic N) is 1. The van der Waals surface area contributed by atoms with Crippen molar-refractivity contribution >= 4 is 11.7 Å². The van der Waals surface area contributed by atoms with E-state index in [1.54, 1.807) is 7.11 Å². The number of ether oxygens (including phenoxy) is 2. The Morgan fingerprint density at radius 2 is 2.11 bits per heavy atom. The minimum absolute atomic E-state index is 0.0482. The smallest absolute Gasteiger partial charge is 0.191 e. The van der Waals surface area contributed by atoms with E-state index in [9.17, 15) is 4.79 Å². The summed E-state index contributed by atoms with van der Waals surface area (Å²) in [6.45, 7) is 7.11. The van der Waals surface area contributed by atoms with Crippen molar-refractivity contribution in [1.29, 1.82) is 0 Å². The Bertz CT molecular complexity index is 547. The van der Waals surface area contributed by atoms with Crippen molar-refractivity contribution in [2.75, 3.05) is 20.3 Å². The van der Waals surface area contributed by atoms with E-state index < -0.39 is 0 Å². The van der Waals surface area contributed by atoms with Crippen molar-refractivity contribution < 1.29 is 14.3 Å². The lowest BCUT2D eigenvalue weighted by molar-refractivity contribution is 0.0994. The second-order valence-electron chi connectivity index (χ2n) is 4.75. The van der Waals surface area contributed by atoms with E-state index in [4.69, 9.17) is 9.47 Å². The Labute approximate surface area is 113 Å². The second kappa shape index (κ2) is 5.43. The number of carbonyl (C=O) groups is 1. The van der Waals surface area contributed by atoms with Crippen molar-refractivity contribution in [1.82, 2.24) is 0 Å². The lowest BCUT2D eigenvalue weighted by Crippen LogP contribution is -2.11. The van der Waals surface area contributed by atoms with E-state index in [1.165, 1.54) is 0 Å². The molecule has 0 radical (unpaired) electrons. The summed E-state index contributed by atoms with van der Waals surface area (Å²) in [4.78, 5) is 16.5. The van der Waals surface area contributed by atoms with E-state index in [1.807, 2.05) is 26.8 Å². The first-order valence-electron chi connectivity index (χ1n) is 6.38. The summed E-state index contributed by atoms with van der Waals surface area (Å²) in [5.74, 6) is 1.45. The van der Waals surface area contributed by atoms with Gasteiger partial charge in [-0.25, -0.2) is 0 Å². The zero-order chi connectivity index (χ0) is 14.0. The van der Waals surface area contributed by atoms with Crippen molar-refractivity contribution in [3.05, 3.63) is 28.3 Å². The van der Waals surface area contributed by atoms with Crippen LogP contribution < -0.4 is 4.74 Å². The number of hydrogen-bond donors (Lipinski definition) is 0. The molecule has 1 aromatic rings. The predicted molar refractivity (Wildman–Crippen MR) is 74.4 cm³/mol. The van der Waals surface area contributed by atoms with Crippen molar-refractivity contribution in [3.8, 4) is 5.75 Å². The fraction of sp³-hybridized carbons (Fsp3) is 0.467. The molecule has 1 aromatic carbocycles. The van der Waals surface area contributed by atoms with Crippen LogP contribution in [0.5, 0.6) is 5.75 Å². The summed E-state index contributed by atoms with van der Waals surface area (Å²) in [6.07, 6.45) is 0.242. The second-order valence-corrected chi connectivity index (χ2v) is 4.75. The number of benzene rings is 1. The molecule has 0 aliphatic carbocycles. The Morgan fingerprint density at radius 1 is 1.37 bits per heavy atom. The molecule has 0 N–H and O–H groups in total. The molecule has 0 aromatic heterocycles. The molecule has 0 atom stereocenters. The standard InChI is InChI=1S/C15H19NO3/c1-9-7-12(10(2)11(3)15(9)18-4)13(17)8-14-16-5-6-19-14/h7H,5-6,8H2,1-4H3. The Balaban J connectivity index is 2.31. The maximum atomic E-state index is 12.3. The minimum Gasteiger partial charge on any atom is -0.496 e. The van der Waals surface area contributed by atoms with Crippen LogP contribution in [-0.2, 0) is 4.74 Å². The van der Waals surface area contributed by atoms with Crippen LogP contribution in [0.15, 0.2) is 11.1 Å². The monoisotopic (exact) mass is 261 g/mol. The van der Waals surface area contributed by atoms with Gasteiger partial charge < -0.3 is 9.47 Å². The molecule has 1 heterocycles. The first-order valence-corrected chi connectivity index (χ1v) is 6.38. The van der Waals surface area contributed by atoms with Crippen molar-refractivity contribution in [2.45, 2.75) is 27.2 Å². The molecule has 4 heteroatoms. The Morgan fingerprint density at radius 3 is 2.68 bits per heavy atom. The van der Waals surface area contributed by atoms with Gasteiger partial charge in [-0.05, 0) is 43.5 Å². The quantitative estimate of drug-likeness (QED) is 0.783. The third-order valence-corrected chi connectivity index (χ3v) is 3.49. The minimum atomic E-state index is 0.0482. The fourth-order valence-corrected chi connectivity index (χ4v) is 2.38. The average Bonchev–Trinajstić information content (AvgIpc) is 2.87. The van der Waals surface area contributed by atoms with Crippen LogP contribution in [0.1, 0.15) is 33.5 Å². The third-order valence-electron chi connectivity index (χ3n) is 3.49. The first-order chi connectivity index (χ1) is 9.04. The lowest BCUT2D eigenvalue weighted by atomic mass is 9.95. The van der Waals surface area contributed by atoms with Gasteiger partial charge in [-0.2, -0.15) is 0 Å². The summed E-state index contributed by atoms with van der Waals surface area (Å²) in [6, 6.07) is 1.89. The van der Waals surface area contributed by atoms with Gasteiger partial charge in [-0.15, -0.1) is 0 Å². The summed E-state index contributed by atoms with van der Waals surface area (Å²) >= 11 is 0. The molecule has 0 fully saturated rings. The average molecular weight is 261 g/mol. The highest BCUT2D eigenvalue weighted by Crippen LogP contribution is 2.29. The number of Topliss-reactive ketones (excluding diaryl/α,β-unsaturated/α-hetero) is 1. The molecule has 2 rings (SSSR count). The summed E-state index contributed by atoms with van der Waals surface area (Å²) in [7, 11) is 1.65. The number of aliphatic imine (C=N–C) groups is 1. The topological polar surface area (TPSA) is 47.9 Å². The van der Waals surface area contributed by atoms with Crippen LogP contribution in [0.4, 0.5) is 0 Å². The molecule has 0 bridgehead atoms. The van der Waals surface area contributed by atoms with E-state index in [0.717, 1.165) is 28.0 Å². The van der Waals surface area contributed by atoms with Gasteiger partial charge in [0.05, 0.1) is 20.1 Å². The summed E-state index contributed by atoms with van der Waals surface area (Å²) in [5, 5.41) is 0. The van der Waals surface area contributed by atoms with Gasteiger partial charge in [0, 0.05) is 5.56 Å². The highest BCUT2D eigenvalue weighted by molar-refractivity contribution is 6.08. The van der Waals surface area contributed by atoms with Crippen molar-refractivity contribution in [3.63, 3.8) is 0 Å². The van der Waals surface area contributed by atoms with Crippen LogP contribution in [-0.4, -0.2) is 31.9 Å². The van der Waals surface area contributed by atoms with E-state index >= 15 is 0 Å². The molecule has 0 unspecified atom stereocenters. The molecule has 0 saturated heterocycles. The van der Waals surface area contributed by atoms with E-state index in [2.05, 4.69) is 4.99 Å². The number of hydrogen-bond acceptors (Lipinski definition) is 4. The van der Waals surface area contributed by atoms with Crippen molar-refractivity contribution in [2.24, 2.45) is 4.99 Å². The van der Waals surface area contributed by atoms with Gasteiger partial charge in [-0.1, -0.05) is 0 Å². The van der Waals surface area contributed by atoms with E-state index in [-0.39, 0.29) is 12.2 Å². The lowest BCUT2D eigenvalue weighted by Gasteiger charge is -2.15. The largest absolute Gasteiger partial charge is 0.496 e. The fourth-order valence-electron chi connectivity index (χ4n) is 2.38. The van der Waals surface area contributed by atoms with E-state index in [0.29, 0.717) is 19.0 Å². The number of ketones is 1. The zero-order valence-corrected chi connectivity index (χ0v) is 11.9. The van der Waals surface area contributed by atoms with Gasteiger partial charge in [-0.3, -0.25) is 9.79 Å². The van der Waals surface area contributed by atoms with Gasteiger partial charge >= 0.3 is 0 Å². The molecule has 0 spiro atoms. The maximum Gasteiger partial charge on any atom is 0.191 e. The number of aryl methyl sites for hydroxylation is 1. The van der Waals surface area contributed by atoms with Gasteiger partial charge in [0.2, 0.25) is 0 Å². The molecule has 0 amide bonds. The number of carbonyl (C=O) groups excluding carboxylic acids is 1. The molecular weight excluding hydrogens is 242 g/mol. The van der Waals surface area contributed by atoms with Crippen LogP contribution in [0.25, 0.3) is 0 Å². The Kier molecular flexibility index (Phi) is 3.88. The molecule has 102 valence electrons. The van der Waals surface area contributed by atoms with Crippen LogP contribution in [0, 0.1) is 20.8 Å². The van der Waals surface area contributed by atoms with Crippen LogP contribution >= 0.6 is 0 Å². The third kappa shape index (κ3) is 2.62. The number of rotatable bonds is 4. The highest BCUT2D eigenvalue weighted by Gasteiger charge is 2.19. The first kappa shape index (κ1) is 13.6. The van der Waals surface area contributed by atoms with Gasteiger partial charge in [0.25, 0.3) is 0 Å². The van der Waals surface area contributed by atoms with Crippen LogP contribution in [0.2, 0.25) is 0 Å². The predicted octanol–water partition coefficient (Wildman–Crippen LogP) is 2.62. The summed E-state index contributed by atoms with van der Waals surface area (Å²) < 4.78 is 10.7. The maximum absolute atomic E-state index is 12.3. The van der Waals surface area contributed by atoms with Gasteiger partial charge in [0.15, 0.2) is 11.7 Å². The zero-order valence-electron chi connectivity index (χ0n) is 11.9. The normalized spacial score (nSPS) is 14.0. The molecule has 4 nitrogen and oxygen atoms in total. The van der Waals surface area contributed by atoms with Crippen LogP contribution in [0.3, 0.4) is 0 Å². The molecule has 1 aliphatic rings. The molecule has 0 saturated carbocycles. The highest BCUT2D eigenvalue weighted by atomic mass is 16.5. The number of methoxy groups -OCH3 is 1. The van der Waals surface area contributed by atoms with Gasteiger partial charge in [0.1, 0.15) is 12.4 Å². The SMILES string of the molecule is COc1c(C)cc(C(=O)CC2=NCCO2)c(C)c1C. The molecular formula is C15H19NO3.